The van der Waals surface area contributed by atoms with Gasteiger partial charge in [0, 0.05) is 22.6 Å². The fourth-order valence-electron chi connectivity index (χ4n) is 3.52. The van der Waals surface area contributed by atoms with Crippen LogP contribution in [0.4, 0.5) is 10.1 Å². The number of hydrogen-bond acceptors (Lipinski definition) is 5. The number of aromatic nitrogens is 2. The molecule has 0 saturated carbocycles. The zero-order valence-electron chi connectivity index (χ0n) is 17.4. The smallest absolute Gasteiger partial charge is 0.249 e. The summed E-state index contributed by atoms with van der Waals surface area (Å²) in [4.78, 5) is 18.9. The maximum absolute atomic E-state index is 15.1. The van der Waals surface area contributed by atoms with Gasteiger partial charge in [-0.3, -0.25) is 9.52 Å². The summed E-state index contributed by atoms with van der Waals surface area (Å²) in [5, 5.41) is 9.99. The number of nitrogens with one attached hydrogen (secondary N) is 2. The number of hydrogen-bond donors (Lipinski definition) is 2. The molecule has 33 heavy (non-hydrogen) atoms. The number of aryl methyl sites for hydroxylation is 1. The lowest BCUT2D eigenvalue weighted by atomic mass is 9.95. The van der Waals surface area contributed by atoms with Gasteiger partial charge in [-0.1, -0.05) is 17.7 Å². The van der Waals surface area contributed by atoms with Crippen LogP contribution in [0.15, 0.2) is 53.3 Å². The summed E-state index contributed by atoms with van der Waals surface area (Å²) in [6.07, 6.45) is 1.02. The minimum Gasteiger partial charge on any atom is -0.307 e. The second kappa shape index (κ2) is 8.31. The van der Waals surface area contributed by atoms with Gasteiger partial charge in [0.1, 0.15) is 17.5 Å². The fraction of sp³-hybridized carbons (Fsp3) is 0.0870. The number of aromatic amines is 1. The van der Waals surface area contributed by atoms with E-state index in [-0.39, 0.29) is 38.7 Å². The van der Waals surface area contributed by atoms with Gasteiger partial charge in [0.2, 0.25) is 15.6 Å². The van der Waals surface area contributed by atoms with E-state index in [1.54, 1.807) is 31.2 Å². The van der Waals surface area contributed by atoms with E-state index in [4.69, 9.17) is 11.6 Å². The Morgan fingerprint density at radius 2 is 1.91 bits per heavy atom. The summed E-state index contributed by atoms with van der Waals surface area (Å²) in [5.74, 6) is -0.746. The molecule has 10 heteroatoms. The molecule has 4 aromatic rings. The molecule has 0 amide bonds. The van der Waals surface area contributed by atoms with Crippen molar-refractivity contribution in [2.45, 2.75) is 6.92 Å². The number of pyridine rings is 2. The van der Waals surface area contributed by atoms with E-state index in [0.29, 0.717) is 22.1 Å². The van der Waals surface area contributed by atoms with Crippen molar-refractivity contribution >= 4 is 38.3 Å². The van der Waals surface area contributed by atoms with E-state index in [1.165, 1.54) is 24.3 Å². The van der Waals surface area contributed by atoms with Gasteiger partial charge in [-0.05, 0) is 54.4 Å². The second-order valence-electron chi connectivity index (χ2n) is 7.45. The quantitative estimate of drug-likeness (QED) is 0.441. The van der Waals surface area contributed by atoms with Gasteiger partial charge in [-0.15, -0.1) is 0 Å². The molecule has 0 bridgehead atoms. The highest BCUT2D eigenvalue weighted by atomic mass is 35.5. The molecule has 0 aliphatic heterocycles. The lowest BCUT2D eigenvalue weighted by Crippen LogP contribution is -2.11. The van der Waals surface area contributed by atoms with Crippen LogP contribution in [0.1, 0.15) is 11.1 Å². The molecule has 0 unspecified atom stereocenters. The maximum atomic E-state index is 15.1. The first-order chi connectivity index (χ1) is 15.6. The van der Waals surface area contributed by atoms with Gasteiger partial charge in [0.05, 0.1) is 28.2 Å². The van der Waals surface area contributed by atoms with Crippen molar-refractivity contribution in [3.63, 3.8) is 0 Å². The van der Waals surface area contributed by atoms with Crippen molar-refractivity contribution in [3.05, 3.63) is 80.9 Å². The Morgan fingerprint density at radius 3 is 2.58 bits per heavy atom. The summed E-state index contributed by atoms with van der Waals surface area (Å²) in [6.45, 7) is 1.69. The Morgan fingerprint density at radius 1 is 1.15 bits per heavy atom. The van der Waals surface area contributed by atoms with Crippen molar-refractivity contribution in [1.82, 2.24) is 9.97 Å². The summed E-state index contributed by atoms with van der Waals surface area (Å²) in [7, 11) is -3.56. The number of anilines is 1. The van der Waals surface area contributed by atoms with Crippen LogP contribution in [0.5, 0.6) is 0 Å². The minimum atomic E-state index is -3.56. The molecule has 0 fully saturated rings. The summed E-state index contributed by atoms with van der Waals surface area (Å²) >= 11 is 6.39. The summed E-state index contributed by atoms with van der Waals surface area (Å²) < 4.78 is 40.9. The van der Waals surface area contributed by atoms with E-state index >= 15 is 4.39 Å². The summed E-state index contributed by atoms with van der Waals surface area (Å²) in [5.41, 5.74) is 1.82. The molecular weight excluding hydrogens is 467 g/mol. The topological polar surface area (TPSA) is 116 Å². The largest absolute Gasteiger partial charge is 0.307 e. The van der Waals surface area contributed by atoms with Crippen LogP contribution in [0.2, 0.25) is 5.02 Å². The number of rotatable bonds is 4. The standard InChI is InChI=1S/C23H16ClFN4O3S/c1-12-8-15(10-18(24)21(12)29-33(2,31)32)17-9-13-6-7-19(30)27-23(13)28-22(17)16-5-3-4-14(11-26)20(16)25/h3-10,29H,1-2H3,(H,27,28,30). The van der Waals surface area contributed by atoms with E-state index in [1.807, 2.05) is 6.07 Å². The van der Waals surface area contributed by atoms with Crippen molar-refractivity contribution in [3.8, 4) is 28.5 Å². The Kier molecular flexibility index (Phi) is 5.66. The molecule has 2 aromatic heterocycles. The molecule has 0 saturated heterocycles. The zero-order chi connectivity index (χ0) is 23.9. The Bertz CT molecular complexity index is 1620. The highest BCUT2D eigenvalue weighted by Gasteiger charge is 2.19. The van der Waals surface area contributed by atoms with Gasteiger partial charge >= 0.3 is 0 Å². The molecule has 166 valence electrons. The van der Waals surface area contributed by atoms with E-state index < -0.39 is 15.8 Å². The number of halogens is 2. The molecule has 2 N–H and O–H groups in total. The Hall–Kier alpha value is -3.74. The summed E-state index contributed by atoms with van der Waals surface area (Å²) in [6, 6.07) is 14.1. The van der Waals surface area contributed by atoms with Crippen LogP contribution in [0, 0.1) is 24.1 Å². The molecule has 7 nitrogen and oxygen atoms in total. The second-order valence-corrected chi connectivity index (χ2v) is 9.60. The predicted octanol–water partition coefficient (Wildman–Crippen LogP) is 4.60. The number of benzene rings is 2. The molecule has 2 aromatic carbocycles. The van der Waals surface area contributed by atoms with Crippen LogP contribution in [0.3, 0.4) is 0 Å². The first-order valence-electron chi connectivity index (χ1n) is 9.59. The highest BCUT2D eigenvalue weighted by Crippen LogP contribution is 2.38. The van der Waals surface area contributed by atoms with Crippen molar-refractivity contribution in [1.29, 1.82) is 5.26 Å². The van der Waals surface area contributed by atoms with Gasteiger partial charge in [-0.2, -0.15) is 5.26 Å². The van der Waals surface area contributed by atoms with Gasteiger partial charge < -0.3 is 4.98 Å². The number of sulfonamides is 1. The number of fused-ring (bicyclic) bond motifs is 1. The Labute approximate surface area is 193 Å². The number of nitrogens with zero attached hydrogens (tertiary/aromatic N) is 2. The van der Waals surface area contributed by atoms with Crippen LogP contribution in [0.25, 0.3) is 33.4 Å². The highest BCUT2D eigenvalue weighted by molar-refractivity contribution is 7.92. The van der Waals surface area contributed by atoms with Crippen molar-refractivity contribution in [2.24, 2.45) is 0 Å². The van der Waals surface area contributed by atoms with E-state index in [0.717, 1.165) is 6.26 Å². The van der Waals surface area contributed by atoms with Crippen molar-refractivity contribution < 1.29 is 12.8 Å². The first-order valence-corrected chi connectivity index (χ1v) is 11.9. The third kappa shape index (κ3) is 4.44. The van der Waals surface area contributed by atoms with Crippen molar-refractivity contribution in [2.75, 3.05) is 11.0 Å². The molecule has 4 rings (SSSR count). The van der Waals surface area contributed by atoms with Gasteiger partial charge in [0.15, 0.2) is 0 Å². The van der Waals surface area contributed by atoms with Gasteiger partial charge in [-0.25, -0.2) is 17.8 Å². The van der Waals surface area contributed by atoms with Crippen LogP contribution in [-0.2, 0) is 10.0 Å². The minimum absolute atomic E-state index is 0.0720. The Balaban J connectivity index is 2.04. The zero-order valence-corrected chi connectivity index (χ0v) is 19.0. The number of H-pyrrole nitrogens is 1. The monoisotopic (exact) mass is 482 g/mol. The molecule has 0 spiro atoms. The van der Waals surface area contributed by atoms with Gasteiger partial charge in [0.25, 0.3) is 0 Å². The SMILES string of the molecule is Cc1cc(-c2cc3ccc(=O)[nH]c3nc2-c2cccc(C#N)c2F)cc(Cl)c1NS(C)(=O)=O. The molecule has 2 heterocycles. The van der Waals surface area contributed by atoms with Crippen LogP contribution < -0.4 is 10.3 Å². The number of nitriles is 1. The van der Waals surface area contributed by atoms with Crippen LogP contribution >= 0.6 is 11.6 Å². The van der Waals surface area contributed by atoms with E-state index in [2.05, 4.69) is 14.7 Å². The molecule has 0 atom stereocenters. The average molecular weight is 483 g/mol. The predicted molar refractivity (Wildman–Crippen MR) is 126 cm³/mol. The fourth-order valence-corrected chi connectivity index (χ4v) is 4.53. The third-order valence-corrected chi connectivity index (χ3v) is 5.84. The molecule has 0 radical (unpaired) electrons. The normalized spacial score (nSPS) is 11.4. The third-order valence-electron chi connectivity index (χ3n) is 4.97. The average Bonchev–Trinajstić information content (AvgIpc) is 2.75. The molecule has 0 aliphatic carbocycles. The lowest BCUT2D eigenvalue weighted by molar-refractivity contribution is 0.606. The van der Waals surface area contributed by atoms with Crippen LogP contribution in [-0.4, -0.2) is 24.6 Å². The maximum Gasteiger partial charge on any atom is 0.249 e. The molecular formula is C23H16ClFN4O3S. The van der Waals surface area contributed by atoms with E-state index in [9.17, 15) is 18.5 Å². The molecule has 0 aliphatic rings. The lowest BCUT2D eigenvalue weighted by Gasteiger charge is -2.16. The first kappa shape index (κ1) is 22.5.